The monoisotopic (exact) mass is 144 g/mol. The lowest BCUT2D eigenvalue weighted by Gasteiger charge is -2.07. The number of nitrogens with two attached hydrogens (primary N) is 1. The maximum absolute atomic E-state index is 10.9. The van der Waals surface area contributed by atoms with Gasteiger partial charge in [-0.15, -0.1) is 0 Å². The van der Waals surface area contributed by atoms with E-state index >= 15 is 0 Å². The van der Waals surface area contributed by atoms with Crippen LogP contribution in [0.2, 0.25) is 0 Å². The van der Waals surface area contributed by atoms with Crippen LogP contribution in [-0.2, 0) is 4.79 Å². The van der Waals surface area contributed by atoms with Gasteiger partial charge in [-0.2, -0.15) is 0 Å². The molecule has 3 nitrogen and oxygen atoms in total. The Bertz CT molecular complexity index is 104. The summed E-state index contributed by atoms with van der Waals surface area (Å²) in [5.41, 5.74) is 5.28. The zero-order valence-electron chi connectivity index (χ0n) is 6.68. The Hall–Kier alpha value is -0.570. The molecule has 0 rings (SSSR count). The van der Waals surface area contributed by atoms with E-state index < -0.39 is 0 Å². The second kappa shape index (κ2) is 5.23. The molecule has 0 saturated heterocycles. The molecule has 0 heterocycles. The fourth-order valence-electron chi connectivity index (χ4n) is 0.529. The predicted octanol–water partition coefficient (Wildman–Crippen LogP) is 0.107. The zero-order chi connectivity index (χ0) is 7.98. The van der Waals surface area contributed by atoms with Gasteiger partial charge in [-0.05, 0) is 6.42 Å². The number of nitrogens with one attached hydrogen (secondary N) is 1. The summed E-state index contributed by atoms with van der Waals surface area (Å²) in [5.74, 6) is 0.0101. The fourth-order valence-corrected chi connectivity index (χ4v) is 0.529. The van der Waals surface area contributed by atoms with Gasteiger partial charge in [0.25, 0.3) is 0 Å². The van der Waals surface area contributed by atoms with E-state index in [4.69, 9.17) is 5.73 Å². The minimum Gasteiger partial charge on any atom is -0.356 e. The van der Waals surface area contributed by atoms with Gasteiger partial charge >= 0.3 is 0 Å². The van der Waals surface area contributed by atoms with Crippen LogP contribution < -0.4 is 11.1 Å². The molecule has 1 unspecified atom stereocenters. The van der Waals surface area contributed by atoms with Gasteiger partial charge in [-0.1, -0.05) is 13.8 Å². The van der Waals surface area contributed by atoms with Gasteiger partial charge < -0.3 is 11.1 Å². The Morgan fingerprint density at radius 2 is 2.30 bits per heavy atom. The minimum absolute atomic E-state index is 0.0495. The molecule has 0 saturated carbocycles. The Labute approximate surface area is 62.0 Å². The van der Waals surface area contributed by atoms with Crippen molar-refractivity contribution >= 4 is 5.91 Å². The molecule has 1 amide bonds. The minimum atomic E-state index is -0.0495. The Morgan fingerprint density at radius 1 is 1.70 bits per heavy atom. The lowest BCUT2D eigenvalue weighted by Crippen LogP contribution is -2.33. The van der Waals surface area contributed by atoms with Crippen molar-refractivity contribution in [3.05, 3.63) is 0 Å². The summed E-state index contributed by atoms with van der Waals surface area (Å²) < 4.78 is 0. The van der Waals surface area contributed by atoms with Crippen molar-refractivity contribution in [2.24, 2.45) is 11.7 Å². The van der Waals surface area contributed by atoms with Crippen molar-refractivity contribution < 1.29 is 4.79 Å². The van der Waals surface area contributed by atoms with Crippen LogP contribution in [0.1, 0.15) is 20.3 Å². The number of rotatable bonds is 4. The van der Waals surface area contributed by atoms with Crippen molar-refractivity contribution in [2.75, 3.05) is 13.1 Å². The van der Waals surface area contributed by atoms with Gasteiger partial charge in [-0.3, -0.25) is 4.79 Å². The van der Waals surface area contributed by atoms with Gasteiger partial charge in [0.05, 0.1) is 0 Å². The van der Waals surface area contributed by atoms with Gasteiger partial charge in [-0.25, -0.2) is 0 Å². The third kappa shape index (κ3) is 3.45. The number of hydrogen-bond donors (Lipinski definition) is 2. The van der Waals surface area contributed by atoms with E-state index in [1.165, 1.54) is 0 Å². The molecular weight excluding hydrogens is 128 g/mol. The number of hydrogen-bond acceptors (Lipinski definition) is 2. The number of carbonyl (C=O) groups is 1. The maximum Gasteiger partial charge on any atom is 0.224 e. The Balaban J connectivity index is 3.42. The zero-order valence-corrected chi connectivity index (χ0v) is 6.68. The van der Waals surface area contributed by atoms with Gasteiger partial charge in [0, 0.05) is 19.0 Å². The molecule has 0 aromatic heterocycles. The molecule has 0 aromatic rings. The molecule has 0 aliphatic carbocycles. The molecule has 0 aliphatic rings. The molecule has 0 aliphatic heterocycles. The average molecular weight is 144 g/mol. The highest BCUT2D eigenvalue weighted by molar-refractivity contribution is 5.78. The number of carbonyl (C=O) groups excluding carboxylic acids is 1. The highest BCUT2D eigenvalue weighted by atomic mass is 16.1. The van der Waals surface area contributed by atoms with E-state index in [0.717, 1.165) is 13.0 Å². The molecule has 0 radical (unpaired) electrons. The second-order valence-electron chi connectivity index (χ2n) is 2.43. The lowest BCUT2D eigenvalue weighted by molar-refractivity contribution is -0.124. The van der Waals surface area contributed by atoms with Crippen LogP contribution in [0.15, 0.2) is 0 Å². The Morgan fingerprint density at radius 3 is 2.70 bits per heavy atom. The maximum atomic E-state index is 10.9. The fraction of sp³-hybridized carbons (Fsp3) is 0.857. The summed E-state index contributed by atoms with van der Waals surface area (Å²) in [7, 11) is 0. The number of amides is 1. The summed E-state index contributed by atoms with van der Waals surface area (Å²) in [6.07, 6.45) is 0.975. The second-order valence-corrected chi connectivity index (χ2v) is 2.43. The van der Waals surface area contributed by atoms with Crippen LogP contribution in [0, 0.1) is 5.92 Å². The molecule has 3 N–H and O–H groups in total. The van der Waals surface area contributed by atoms with E-state index in [2.05, 4.69) is 5.32 Å². The SMILES string of the molecule is CCCNC(=O)C(C)CN. The summed E-state index contributed by atoms with van der Waals surface area (Å²) in [5, 5.41) is 2.76. The molecule has 3 heteroatoms. The molecule has 1 atom stereocenters. The van der Waals surface area contributed by atoms with Crippen molar-refractivity contribution in [1.29, 1.82) is 0 Å². The van der Waals surface area contributed by atoms with Crippen molar-refractivity contribution in [3.8, 4) is 0 Å². The lowest BCUT2D eigenvalue weighted by atomic mass is 10.2. The largest absolute Gasteiger partial charge is 0.356 e. The van der Waals surface area contributed by atoms with Crippen molar-refractivity contribution in [2.45, 2.75) is 20.3 Å². The Kier molecular flexibility index (Phi) is 4.94. The summed E-state index contributed by atoms with van der Waals surface area (Å²) in [6, 6.07) is 0. The van der Waals surface area contributed by atoms with E-state index in [1.54, 1.807) is 0 Å². The molecule has 0 aromatic carbocycles. The van der Waals surface area contributed by atoms with Crippen LogP contribution in [0.5, 0.6) is 0 Å². The smallest absolute Gasteiger partial charge is 0.224 e. The topological polar surface area (TPSA) is 55.1 Å². The quantitative estimate of drug-likeness (QED) is 0.588. The third-order valence-electron chi connectivity index (χ3n) is 1.35. The van der Waals surface area contributed by atoms with E-state index in [9.17, 15) is 4.79 Å². The van der Waals surface area contributed by atoms with Gasteiger partial charge in [0.2, 0.25) is 5.91 Å². The molecule has 60 valence electrons. The van der Waals surface area contributed by atoms with Crippen LogP contribution in [-0.4, -0.2) is 19.0 Å². The van der Waals surface area contributed by atoms with E-state index in [1.807, 2.05) is 13.8 Å². The molecule has 0 fully saturated rings. The molecule has 10 heavy (non-hydrogen) atoms. The third-order valence-corrected chi connectivity index (χ3v) is 1.35. The van der Waals surface area contributed by atoms with Crippen molar-refractivity contribution in [3.63, 3.8) is 0 Å². The molecule has 0 spiro atoms. The molecule has 0 bridgehead atoms. The first-order chi connectivity index (χ1) is 4.72. The summed E-state index contributed by atoms with van der Waals surface area (Å²) in [6.45, 7) is 5.02. The highest BCUT2D eigenvalue weighted by Gasteiger charge is 2.07. The summed E-state index contributed by atoms with van der Waals surface area (Å²) in [4.78, 5) is 10.9. The van der Waals surface area contributed by atoms with Crippen LogP contribution >= 0.6 is 0 Å². The van der Waals surface area contributed by atoms with E-state index in [0.29, 0.717) is 6.54 Å². The predicted molar refractivity (Wildman–Crippen MR) is 41.5 cm³/mol. The van der Waals surface area contributed by atoms with Crippen molar-refractivity contribution in [1.82, 2.24) is 5.32 Å². The van der Waals surface area contributed by atoms with Crippen LogP contribution in [0.4, 0.5) is 0 Å². The van der Waals surface area contributed by atoms with Crippen LogP contribution in [0.25, 0.3) is 0 Å². The van der Waals surface area contributed by atoms with Gasteiger partial charge in [0.1, 0.15) is 0 Å². The highest BCUT2D eigenvalue weighted by Crippen LogP contribution is 1.89. The average Bonchev–Trinajstić information content (AvgIpc) is 1.98. The normalized spacial score (nSPS) is 12.7. The first-order valence-electron chi connectivity index (χ1n) is 3.70. The molecular formula is C7H16N2O. The summed E-state index contributed by atoms with van der Waals surface area (Å²) >= 11 is 0. The first-order valence-corrected chi connectivity index (χ1v) is 3.70. The first kappa shape index (κ1) is 9.43. The van der Waals surface area contributed by atoms with E-state index in [-0.39, 0.29) is 11.8 Å². The standard InChI is InChI=1S/C7H16N2O/c1-3-4-9-7(10)6(2)5-8/h6H,3-5,8H2,1-2H3,(H,9,10). The van der Waals surface area contributed by atoms with Crippen LogP contribution in [0.3, 0.4) is 0 Å². The van der Waals surface area contributed by atoms with Gasteiger partial charge in [0.15, 0.2) is 0 Å².